The number of nitriles is 1. The second-order valence-electron chi connectivity index (χ2n) is 5.25. The number of carbonyl (C=O) groups excluding carboxylic acids is 1. The Morgan fingerprint density at radius 1 is 1.52 bits per heavy atom. The van der Waals surface area contributed by atoms with Crippen molar-refractivity contribution in [3.05, 3.63) is 23.3 Å². The number of hydrogen-bond donors (Lipinski definition) is 2. The van der Waals surface area contributed by atoms with Gasteiger partial charge in [0.05, 0.1) is 12.2 Å². The smallest absolute Gasteiger partial charge is 0.163 e. The van der Waals surface area contributed by atoms with Gasteiger partial charge in [-0.15, -0.1) is 0 Å². The molecule has 0 unspecified atom stereocenters. The number of carbonyl (C=O) groups is 1. The fraction of sp³-hybridized carbons (Fsp3) is 0.529. The molecule has 23 heavy (non-hydrogen) atoms. The molecule has 126 valence electrons. The number of ether oxygens (including phenoxy) is 1. The molecule has 1 rings (SSSR count). The van der Waals surface area contributed by atoms with Gasteiger partial charge in [0, 0.05) is 16.6 Å². The molecule has 6 heteroatoms. The number of hydrogen-bond acceptors (Lipinski definition) is 6. The number of thioether (sulfide) groups is 1. The summed E-state index contributed by atoms with van der Waals surface area (Å²) in [6, 6.07) is 3.36. The summed E-state index contributed by atoms with van der Waals surface area (Å²) in [6.07, 6.45) is 3.17. The van der Waals surface area contributed by atoms with Crippen molar-refractivity contribution in [1.29, 1.82) is 5.26 Å². The number of rotatable bonds is 10. The molecule has 1 N–H and O–H groups in total. The highest BCUT2D eigenvalue weighted by Crippen LogP contribution is 2.33. The zero-order chi connectivity index (χ0) is 17.2. The zero-order valence-electron chi connectivity index (χ0n) is 13.5. The highest BCUT2D eigenvalue weighted by Gasteiger charge is 2.16. The van der Waals surface area contributed by atoms with Gasteiger partial charge in [0.25, 0.3) is 0 Å². The van der Waals surface area contributed by atoms with Gasteiger partial charge in [-0.1, -0.05) is 13.3 Å². The molecule has 0 aromatic heterocycles. The van der Waals surface area contributed by atoms with E-state index in [0.29, 0.717) is 35.7 Å². The number of ketones is 1. The summed E-state index contributed by atoms with van der Waals surface area (Å²) in [5, 5.41) is 21.3. The molecule has 0 saturated heterocycles. The van der Waals surface area contributed by atoms with Crippen molar-refractivity contribution in [2.24, 2.45) is 0 Å². The van der Waals surface area contributed by atoms with Crippen molar-refractivity contribution >= 4 is 30.2 Å². The molecule has 4 nitrogen and oxygen atoms in total. The summed E-state index contributed by atoms with van der Waals surface area (Å²) < 4.78 is 5.79. The van der Waals surface area contributed by atoms with Gasteiger partial charge in [-0.05, 0) is 50.1 Å². The maximum atomic E-state index is 11.5. The van der Waals surface area contributed by atoms with Gasteiger partial charge in [-0.3, -0.25) is 4.79 Å². The van der Waals surface area contributed by atoms with Crippen LogP contribution in [-0.2, 0) is 6.42 Å². The van der Waals surface area contributed by atoms with Crippen molar-refractivity contribution in [3.63, 3.8) is 0 Å². The van der Waals surface area contributed by atoms with Crippen LogP contribution in [0, 0.1) is 10.7 Å². The van der Waals surface area contributed by atoms with Gasteiger partial charge >= 0.3 is 0 Å². The lowest BCUT2D eigenvalue weighted by Gasteiger charge is -2.15. The predicted octanol–water partition coefficient (Wildman–Crippen LogP) is 4.22. The summed E-state index contributed by atoms with van der Waals surface area (Å²) in [5.41, 5.74) is 1.03. The number of thiocyanates is 1. The van der Waals surface area contributed by atoms with Gasteiger partial charge in [0.1, 0.15) is 16.9 Å². The monoisotopic (exact) mass is 353 g/mol. The summed E-state index contributed by atoms with van der Waals surface area (Å²) >= 11 is 5.47. The Morgan fingerprint density at radius 2 is 2.26 bits per heavy atom. The van der Waals surface area contributed by atoms with Crippen LogP contribution in [0.1, 0.15) is 49.0 Å². The first-order valence-electron chi connectivity index (χ1n) is 7.69. The molecule has 0 amide bonds. The van der Waals surface area contributed by atoms with E-state index in [4.69, 9.17) is 10.00 Å². The minimum absolute atomic E-state index is 0.0325. The van der Waals surface area contributed by atoms with E-state index >= 15 is 0 Å². The maximum absolute atomic E-state index is 11.5. The molecule has 1 aromatic rings. The Bertz CT molecular complexity index is 570. The predicted molar refractivity (Wildman–Crippen MR) is 97.7 cm³/mol. The number of benzene rings is 1. The molecule has 0 bridgehead atoms. The minimum atomic E-state index is -0.156. The van der Waals surface area contributed by atoms with Crippen molar-refractivity contribution < 1.29 is 14.6 Å². The summed E-state index contributed by atoms with van der Waals surface area (Å²) in [7, 11) is 0. The summed E-state index contributed by atoms with van der Waals surface area (Å²) in [5.74, 6) is 1.17. The first-order chi connectivity index (χ1) is 11.0. The van der Waals surface area contributed by atoms with Gasteiger partial charge in [0.2, 0.25) is 0 Å². The van der Waals surface area contributed by atoms with Crippen LogP contribution in [0.5, 0.6) is 11.5 Å². The molecule has 1 atom stereocenters. The summed E-state index contributed by atoms with van der Waals surface area (Å²) in [6.45, 7) is 3.96. The zero-order valence-corrected chi connectivity index (χ0v) is 15.3. The molecule has 0 saturated carbocycles. The third-order valence-corrected chi connectivity index (χ3v) is 5.00. The second kappa shape index (κ2) is 10.5. The Hall–Kier alpha value is -1.32. The van der Waals surface area contributed by atoms with Crippen LogP contribution >= 0.6 is 24.4 Å². The molecule has 0 fully saturated rings. The molecule has 1 aromatic carbocycles. The Kier molecular flexibility index (Phi) is 8.97. The fourth-order valence-electron chi connectivity index (χ4n) is 2.28. The lowest BCUT2D eigenvalue weighted by Crippen LogP contribution is -2.08. The average molecular weight is 354 g/mol. The molecule has 0 radical (unpaired) electrons. The molecule has 0 spiro atoms. The van der Waals surface area contributed by atoms with Crippen LogP contribution in [0.2, 0.25) is 0 Å². The highest BCUT2D eigenvalue weighted by molar-refractivity contribution is 8.04. The van der Waals surface area contributed by atoms with Crippen LogP contribution in [-0.4, -0.2) is 28.5 Å². The quantitative estimate of drug-likeness (QED) is 0.285. The van der Waals surface area contributed by atoms with E-state index in [1.807, 2.05) is 6.92 Å². The number of phenols is 1. The second-order valence-corrected chi connectivity index (χ2v) is 6.70. The normalized spacial score (nSPS) is 11.7. The topological polar surface area (TPSA) is 70.3 Å². The summed E-state index contributed by atoms with van der Waals surface area (Å²) in [4.78, 5) is 11.5. The third kappa shape index (κ3) is 6.00. The molecule has 0 aliphatic carbocycles. The number of aromatic hydroxyl groups is 1. The molecule has 0 aliphatic heterocycles. The minimum Gasteiger partial charge on any atom is -0.507 e. The first kappa shape index (κ1) is 19.7. The van der Waals surface area contributed by atoms with E-state index in [1.54, 1.807) is 12.1 Å². The lowest BCUT2D eigenvalue weighted by atomic mass is 10.0. The van der Waals surface area contributed by atoms with Gasteiger partial charge < -0.3 is 9.84 Å². The van der Waals surface area contributed by atoms with Crippen molar-refractivity contribution in [3.8, 4) is 16.9 Å². The van der Waals surface area contributed by atoms with Crippen LogP contribution < -0.4 is 4.74 Å². The number of thiol groups is 1. The van der Waals surface area contributed by atoms with Crippen LogP contribution in [0.25, 0.3) is 0 Å². The third-order valence-electron chi connectivity index (χ3n) is 3.47. The first-order valence-corrected chi connectivity index (χ1v) is 9.20. The van der Waals surface area contributed by atoms with Gasteiger partial charge in [-0.25, -0.2) is 0 Å². The van der Waals surface area contributed by atoms with E-state index in [2.05, 4.69) is 18.0 Å². The van der Waals surface area contributed by atoms with E-state index in [-0.39, 0.29) is 16.8 Å². The lowest BCUT2D eigenvalue weighted by molar-refractivity contribution is 0.101. The van der Waals surface area contributed by atoms with Crippen molar-refractivity contribution in [1.82, 2.24) is 0 Å². The van der Waals surface area contributed by atoms with Gasteiger partial charge in [0.15, 0.2) is 5.78 Å². The highest BCUT2D eigenvalue weighted by atomic mass is 32.2. The Morgan fingerprint density at radius 3 is 2.83 bits per heavy atom. The van der Waals surface area contributed by atoms with Crippen LogP contribution in [0.3, 0.4) is 0 Å². The number of Topliss-reactive ketones (excluding diaryl/α,β-unsaturated/α-hetero) is 1. The van der Waals surface area contributed by atoms with Crippen molar-refractivity contribution in [2.45, 2.75) is 44.8 Å². The van der Waals surface area contributed by atoms with Crippen LogP contribution in [0.15, 0.2) is 12.1 Å². The van der Waals surface area contributed by atoms with E-state index in [0.717, 1.165) is 19.3 Å². The Labute approximate surface area is 147 Å². The van der Waals surface area contributed by atoms with Gasteiger partial charge in [-0.2, -0.15) is 17.9 Å². The molecular weight excluding hydrogens is 330 g/mol. The Balaban J connectivity index is 2.71. The van der Waals surface area contributed by atoms with Crippen LogP contribution in [0.4, 0.5) is 0 Å². The molecule has 0 heterocycles. The number of nitrogens with zero attached hydrogens (tertiary/aromatic N) is 1. The maximum Gasteiger partial charge on any atom is 0.163 e. The fourth-order valence-corrected chi connectivity index (χ4v) is 3.20. The van der Waals surface area contributed by atoms with E-state index in [9.17, 15) is 9.90 Å². The molecule has 0 aliphatic rings. The van der Waals surface area contributed by atoms with E-state index in [1.165, 1.54) is 18.7 Å². The SMILES string of the molecule is CCCc1c(OCCC[C@@H](CS)SC#N)ccc(C(C)=O)c1O. The standard InChI is InChI=1S/C17H23NO3S2/c1-3-5-15-16(8-7-14(12(2)19)17(15)20)21-9-4-6-13(10-22)23-11-18/h7-8,13,20,22H,3-6,9-10H2,1-2H3/t13-/m0/s1. The largest absolute Gasteiger partial charge is 0.507 e. The molecular formula is C17H23NO3S2. The van der Waals surface area contributed by atoms with Crippen molar-refractivity contribution in [2.75, 3.05) is 12.4 Å². The van der Waals surface area contributed by atoms with E-state index < -0.39 is 0 Å². The average Bonchev–Trinajstić information content (AvgIpc) is 2.52. The number of phenolic OH excluding ortho intramolecular Hbond substituents is 1.